The van der Waals surface area contributed by atoms with Crippen molar-refractivity contribution in [3.63, 3.8) is 0 Å². The second-order valence-electron chi connectivity index (χ2n) is 4.33. The highest BCUT2D eigenvalue weighted by Crippen LogP contribution is 2.27. The first kappa shape index (κ1) is 12.4. The molecule has 0 bridgehead atoms. The van der Waals surface area contributed by atoms with Crippen LogP contribution in [0.3, 0.4) is 0 Å². The third-order valence-corrected chi connectivity index (χ3v) is 3.06. The van der Waals surface area contributed by atoms with Crippen LogP contribution in [0.4, 0.5) is 0 Å². The van der Waals surface area contributed by atoms with Crippen molar-refractivity contribution in [2.24, 2.45) is 0 Å². The zero-order chi connectivity index (χ0) is 11.3. The van der Waals surface area contributed by atoms with E-state index in [-0.39, 0.29) is 5.41 Å². The molecule has 15 heavy (non-hydrogen) atoms. The Bertz CT molecular complexity index is 290. The number of hydrogen-bond acceptors (Lipinski definition) is 2. The minimum Gasteiger partial charge on any atom is -0.493 e. The normalized spacial score (nSPS) is 11.5. The average Bonchev–Trinajstić information content (AvgIpc) is 2.27. The third-order valence-electron chi connectivity index (χ3n) is 2.88. The van der Waals surface area contributed by atoms with Gasteiger partial charge in [0, 0.05) is 5.75 Å². The van der Waals surface area contributed by atoms with E-state index in [2.05, 4.69) is 45.5 Å². The molecule has 0 spiro atoms. The zero-order valence-electron chi connectivity index (χ0n) is 9.79. The highest BCUT2D eigenvalue weighted by molar-refractivity contribution is 7.80. The molecule has 0 fully saturated rings. The molecule has 0 aliphatic heterocycles. The molecule has 0 unspecified atom stereocenters. The quantitative estimate of drug-likeness (QED) is 0.751. The van der Waals surface area contributed by atoms with E-state index < -0.39 is 0 Å². The standard InChI is InChI=1S/C13H20OS/c1-4-13(2,3)11-5-7-12(8-6-11)14-9-10-15/h5-8,15H,4,9-10H2,1-3H3. The van der Waals surface area contributed by atoms with Crippen molar-refractivity contribution >= 4 is 12.6 Å². The van der Waals surface area contributed by atoms with Gasteiger partial charge in [-0.05, 0) is 29.5 Å². The van der Waals surface area contributed by atoms with Crippen LogP contribution in [0.25, 0.3) is 0 Å². The second-order valence-corrected chi connectivity index (χ2v) is 4.78. The van der Waals surface area contributed by atoms with E-state index in [1.807, 2.05) is 12.1 Å². The highest BCUT2D eigenvalue weighted by atomic mass is 32.1. The van der Waals surface area contributed by atoms with Gasteiger partial charge in [-0.15, -0.1) is 0 Å². The summed E-state index contributed by atoms with van der Waals surface area (Å²) in [4.78, 5) is 0. The van der Waals surface area contributed by atoms with E-state index in [1.165, 1.54) is 5.56 Å². The lowest BCUT2D eigenvalue weighted by molar-refractivity contribution is 0.344. The Labute approximate surface area is 98.3 Å². The van der Waals surface area contributed by atoms with Gasteiger partial charge in [-0.2, -0.15) is 12.6 Å². The third kappa shape index (κ3) is 3.45. The van der Waals surface area contributed by atoms with Crippen LogP contribution in [0, 0.1) is 0 Å². The number of ether oxygens (including phenoxy) is 1. The fourth-order valence-electron chi connectivity index (χ4n) is 1.37. The van der Waals surface area contributed by atoms with Crippen LogP contribution in [0.1, 0.15) is 32.8 Å². The topological polar surface area (TPSA) is 9.23 Å². The molecule has 0 radical (unpaired) electrons. The zero-order valence-corrected chi connectivity index (χ0v) is 10.7. The maximum atomic E-state index is 5.48. The minimum atomic E-state index is 0.252. The van der Waals surface area contributed by atoms with Crippen molar-refractivity contribution in [3.05, 3.63) is 29.8 Å². The van der Waals surface area contributed by atoms with Crippen molar-refractivity contribution in [1.29, 1.82) is 0 Å². The summed E-state index contributed by atoms with van der Waals surface area (Å²) in [5.41, 5.74) is 1.62. The summed E-state index contributed by atoms with van der Waals surface area (Å²) >= 11 is 4.11. The molecule has 0 aliphatic rings. The summed E-state index contributed by atoms with van der Waals surface area (Å²) in [6, 6.07) is 8.38. The molecule has 1 rings (SSSR count). The van der Waals surface area contributed by atoms with E-state index in [0.29, 0.717) is 6.61 Å². The summed E-state index contributed by atoms with van der Waals surface area (Å²) in [5, 5.41) is 0. The molecule has 1 aromatic rings. The fraction of sp³-hybridized carbons (Fsp3) is 0.538. The Kier molecular flexibility index (Phi) is 4.52. The van der Waals surface area contributed by atoms with Crippen molar-refractivity contribution < 1.29 is 4.74 Å². The van der Waals surface area contributed by atoms with E-state index in [4.69, 9.17) is 4.74 Å². The molecule has 1 aromatic carbocycles. The summed E-state index contributed by atoms with van der Waals surface area (Å²) in [6.07, 6.45) is 1.14. The molecule has 1 nitrogen and oxygen atoms in total. The summed E-state index contributed by atoms with van der Waals surface area (Å²) < 4.78 is 5.48. The van der Waals surface area contributed by atoms with E-state index in [0.717, 1.165) is 17.9 Å². The molecule has 0 atom stereocenters. The predicted octanol–water partition coefficient (Wildman–Crippen LogP) is 3.68. The van der Waals surface area contributed by atoms with E-state index >= 15 is 0 Å². The maximum Gasteiger partial charge on any atom is 0.119 e. The van der Waals surface area contributed by atoms with Crippen LogP contribution in [0.2, 0.25) is 0 Å². The van der Waals surface area contributed by atoms with Gasteiger partial charge in [0.15, 0.2) is 0 Å². The summed E-state index contributed by atoms with van der Waals surface area (Å²) in [6.45, 7) is 7.40. The first-order chi connectivity index (χ1) is 7.10. The number of benzene rings is 1. The van der Waals surface area contributed by atoms with E-state index in [1.54, 1.807) is 0 Å². The predicted molar refractivity (Wildman–Crippen MR) is 69.1 cm³/mol. The van der Waals surface area contributed by atoms with Crippen LogP contribution in [-0.4, -0.2) is 12.4 Å². The van der Waals surface area contributed by atoms with Crippen LogP contribution < -0.4 is 4.74 Å². The molecule has 0 saturated heterocycles. The van der Waals surface area contributed by atoms with Gasteiger partial charge in [0.2, 0.25) is 0 Å². The van der Waals surface area contributed by atoms with Gasteiger partial charge >= 0.3 is 0 Å². The fourth-order valence-corrected chi connectivity index (χ4v) is 1.46. The smallest absolute Gasteiger partial charge is 0.119 e. The van der Waals surface area contributed by atoms with Gasteiger partial charge < -0.3 is 4.74 Å². The monoisotopic (exact) mass is 224 g/mol. The molecule has 0 heterocycles. The van der Waals surface area contributed by atoms with Crippen LogP contribution in [-0.2, 0) is 5.41 Å². The second kappa shape index (κ2) is 5.45. The van der Waals surface area contributed by atoms with Crippen LogP contribution in [0.5, 0.6) is 5.75 Å². The van der Waals surface area contributed by atoms with Gasteiger partial charge in [0.25, 0.3) is 0 Å². The van der Waals surface area contributed by atoms with Gasteiger partial charge in [0.1, 0.15) is 5.75 Å². The van der Waals surface area contributed by atoms with Gasteiger partial charge in [-0.1, -0.05) is 32.9 Å². The Morgan fingerprint density at radius 3 is 2.27 bits per heavy atom. The maximum absolute atomic E-state index is 5.48. The molecule has 0 saturated carbocycles. The Balaban J connectivity index is 2.72. The molecule has 0 aliphatic carbocycles. The van der Waals surface area contributed by atoms with Crippen molar-refractivity contribution in [2.75, 3.05) is 12.4 Å². The van der Waals surface area contributed by atoms with Crippen LogP contribution >= 0.6 is 12.6 Å². The minimum absolute atomic E-state index is 0.252. The van der Waals surface area contributed by atoms with Gasteiger partial charge in [-0.3, -0.25) is 0 Å². The van der Waals surface area contributed by atoms with Crippen molar-refractivity contribution in [3.8, 4) is 5.75 Å². The molecule has 2 heteroatoms. The van der Waals surface area contributed by atoms with Crippen LogP contribution in [0.15, 0.2) is 24.3 Å². The molecule has 0 N–H and O–H groups in total. The number of rotatable bonds is 5. The van der Waals surface area contributed by atoms with Crippen molar-refractivity contribution in [2.45, 2.75) is 32.6 Å². The molecule has 0 aromatic heterocycles. The Morgan fingerprint density at radius 1 is 1.20 bits per heavy atom. The highest BCUT2D eigenvalue weighted by Gasteiger charge is 2.17. The largest absolute Gasteiger partial charge is 0.493 e. The number of thiol groups is 1. The van der Waals surface area contributed by atoms with Crippen molar-refractivity contribution in [1.82, 2.24) is 0 Å². The first-order valence-electron chi connectivity index (χ1n) is 5.44. The van der Waals surface area contributed by atoms with Gasteiger partial charge in [0.05, 0.1) is 6.61 Å². The summed E-state index contributed by atoms with van der Waals surface area (Å²) in [5.74, 6) is 1.68. The summed E-state index contributed by atoms with van der Waals surface area (Å²) in [7, 11) is 0. The lowest BCUT2D eigenvalue weighted by Gasteiger charge is -2.23. The SMILES string of the molecule is CCC(C)(C)c1ccc(OCCS)cc1. The molecule has 0 amide bonds. The molecular formula is C13H20OS. The Hall–Kier alpha value is -0.630. The Morgan fingerprint density at radius 2 is 1.80 bits per heavy atom. The molecule has 84 valence electrons. The van der Waals surface area contributed by atoms with E-state index in [9.17, 15) is 0 Å². The molecular weight excluding hydrogens is 204 g/mol. The number of hydrogen-bond donors (Lipinski definition) is 1. The van der Waals surface area contributed by atoms with Gasteiger partial charge in [-0.25, -0.2) is 0 Å². The lowest BCUT2D eigenvalue weighted by Crippen LogP contribution is -2.15. The average molecular weight is 224 g/mol. The lowest BCUT2D eigenvalue weighted by atomic mass is 9.82. The first-order valence-corrected chi connectivity index (χ1v) is 6.07.